The van der Waals surface area contributed by atoms with Gasteiger partial charge in [0.15, 0.2) is 0 Å². The largest absolute Gasteiger partial charge is 0.313 e. The SMILES string of the molecule is CCCNC(CCC)CS(=O)C(C)(C)C. The van der Waals surface area contributed by atoms with Gasteiger partial charge in [-0.1, -0.05) is 20.3 Å². The van der Waals surface area contributed by atoms with Crippen LogP contribution in [0.2, 0.25) is 0 Å². The lowest BCUT2D eigenvalue weighted by molar-refractivity contribution is 0.507. The molecule has 3 heteroatoms. The second kappa shape index (κ2) is 7.39. The molecule has 2 unspecified atom stereocenters. The smallest absolute Gasteiger partial charge is 0.0394 e. The van der Waals surface area contributed by atoms with Crippen molar-refractivity contribution in [1.82, 2.24) is 5.32 Å². The maximum absolute atomic E-state index is 12.0. The van der Waals surface area contributed by atoms with Gasteiger partial charge in [0, 0.05) is 27.3 Å². The van der Waals surface area contributed by atoms with E-state index in [4.69, 9.17) is 0 Å². The molecule has 0 aliphatic rings. The van der Waals surface area contributed by atoms with Crippen molar-refractivity contribution < 1.29 is 4.21 Å². The van der Waals surface area contributed by atoms with Gasteiger partial charge >= 0.3 is 0 Å². The van der Waals surface area contributed by atoms with E-state index in [1.165, 1.54) is 0 Å². The third-order valence-electron chi connectivity index (χ3n) is 2.36. The Morgan fingerprint density at radius 2 is 1.80 bits per heavy atom. The Kier molecular flexibility index (Phi) is 7.45. The molecule has 0 aromatic rings. The van der Waals surface area contributed by atoms with Gasteiger partial charge < -0.3 is 5.32 Å². The first-order chi connectivity index (χ1) is 6.91. The second-order valence-electron chi connectivity index (χ2n) is 5.06. The molecule has 2 atom stereocenters. The van der Waals surface area contributed by atoms with E-state index in [1.807, 2.05) is 20.8 Å². The average Bonchev–Trinajstić information content (AvgIpc) is 2.13. The van der Waals surface area contributed by atoms with E-state index in [1.54, 1.807) is 0 Å². The summed E-state index contributed by atoms with van der Waals surface area (Å²) in [6.45, 7) is 11.5. The van der Waals surface area contributed by atoms with Crippen LogP contribution in [-0.2, 0) is 10.8 Å². The highest BCUT2D eigenvalue weighted by Crippen LogP contribution is 2.13. The summed E-state index contributed by atoms with van der Waals surface area (Å²) in [7, 11) is -0.735. The highest BCUT2D eigenvalue weighted by molar-refractivity contribution is 7.86. The van der Waals surface area contributed by atoms with E-state index in [2.05, 4.69) is 19.2 Å². The lowest BCUT2D eigenvalue weighted by atomic mass is 10.2. The van der Waals surface area contributed by atoms with Gasteiger partial charge in [0.2, 0.25) is 0 Å². The quantitative estimate of drug-likeness (QED) is 0.732. The fourth-order valence-electron chi connectivity index (χ4n) is 1.37. The van der Waals surface area contributed by atoms with Gasteiger partial charge in [-0.15, -0.1) is 0 Å². The molecule has 0 spiro atoms. The molecule has 92 valence electrons. The van der Waals surface area contributed by atoms with E-state index in [0.717, 1.165) is 31.6 Å². The first-order valence-electron chi connectivity index (χ1n) is 6.03. The summed E-state index contributed by atoms with van der Waals surface area (Å²) >= 11 is 0. The van der Waals surface area contributed by atoms with Crippen molar-refractivity contribution in [2.45, 2.75) is 64.7 Å². The molecule has 1 N–H and O–H groups in total. The molecule has 0 aliphatic heterocycles. The molecule has 0 saturated heterocycles. The molecule has 15 heavy (non-hydrogen) atoms. The Labute approximate surface area is 97.7 Å². The number of hydrogen-bond donors (Lipinski definition) is 1. The van der Waals surface area contributed by atoms with Crippen molar-refractivity contribution in [3.8, 4) is 0 Å². The van der Waals surface area contributed by atoms with Gasteiger partial charge in [-0.2, -0.15) is 0 Å². The first-order valence-corrected chi connectivity index (χ1v) is 7.35. The molecular weight excluding hydrogens is 206 g/mol. The Morgan fingerprint density at radius 1 is 1.20 bits per heavy atom. The lowest BCUT2D eigenvalue weighted by Gasteiger charge is -2.23. The summed E-state index contributed by atoms with van der Waals surface area (Å²) in [6, 6.07) is 0.426. The van der Waals surface area contributed by atoms with Gasteiger partial charge in [-0.3, -0.25) is 4.21 Å². The van der Waals surface area contributed by atoms with Crippen LogP contribution in [0, 0.1) is 0 Å². The third kappa shape index (κ3) is 7.07. The molecule has 0 rings (SSSR count). The van der Waals surface area contributed by atoms with Crippen LogP contribution in [0.15, 0.2) is 0 Å². The van der Waals surface area contributed by atoms with Gasteiger partial charge in [0.05, 0.1) is 0 Å². The Balaban J connectivity index is 4.09. The number of rotatable bonds is 7. The fourth-order valence-corrected chi connectivity index (χ4v) is 2.52. The number of hydrogen-bond acceptors (Lipinski definition) is 2. The zero-order valence-corrected chi connectivity index (χ0v) is 11.7. The minimum atomic E-state index is -0.735. The summed E-state index contributed by atoms with van der Waals surface area (Å²) in [4.78, 5) is 0. The molecule has 0 aromatic heterocycles. The van der Waals surface area contributed by atoms with Crippen LogP contribution < -0.4 is 5.32 Å². The van der Waals surface area contributed by atoms with Crippen LogP contribution in [0.1, 0.15) is 53.9 Å². The topological polar surface area (TPSA) is 29.1 Å². The van der Waals surface area contributed by atoms with E-state index in [9.17, 15) is 4.21 Å². The average molecular weight is 233 g/mol. The fraction of sp³-hybridized carbons (Fsp3) is 1.00. The molecule has 0 amide bonds. The van der Waals surface area contributed by atoms with Crippen molar-refractivity contribution >= 4 is 10.8 Å². The third-order valence-corrected chi connectivity index (χ3v) is 4.43. The Hall–Kier alpha value is 0.110. The summed E-state index contributed by atoms with van der Waals surface area (Å²) in [5.74, 6) is 0.789. The van der Waals surface area contributed by atoms with Crippen molar-refractivity contribution in [2.75, 3.05) is 12.3 Å². The van der Waals surface area contributed by atoms with Crippen LogP contribution in [-0.4, -0.2) is 27.3 Å². The molecule has 0 aromatic carbocycles. The van der Waals surface area contributed by atoms with Crippen LogP contribution in [0.5, 0.6) is 0 Å². The Bertz CT molecular complexity index is 187. The first kappa shape index (κ1) is 15.1. The molecule has 0 bridgehead atoms. The summed E-state index contributed by atoms with van der Waals surface area (Å²) < 4.78 is 11.9. The maximum Gasteiger partial charge on any atom is 0.0394 e. The van der Waals surface area contributed by atoms with Crippen molar-refractivity contribution in [1.29, 1.82) is 0 Å². The van der Waals surface area contributed by atoms with Crippen LogP contribution >= 0.6 is 0 Å². The van der Waals surface area contributed by atoms with E-state index in [0.29, 0.717) is 6.04 Å². The van der Waals surface area contributed by atoms with Gasteiger partial charge in [0.25, 0.3) is 0 Å². The Morgan fingerprint density at radius 3 is 2.20 bits per heavy atom. The van der Waals surface area contributed by atoms with Crippen LogP contribution in [0.25, 0.3) is 0 Å². The van der Waals surface area contributed by atoms with Crippen LogP contribution in [0.4, 0.5) is 0 Å². The minimum Gasteiger partial charge on any atom is -0.313 e. The van der Waals surface area contributed by atoms with Crippen LogP contribution in [0.3, 0.4) is 0 Å². The molecular formula is C12H27NOS. The monoisotopic (exact) mass is 233 g/mol. The van der Waals surface area contributed by atoms with E-state index >= 15 is 0 Å². The standard InChI is InChI=1S/C12H27NOS/c1-6-8-11(13-9-7-2)10-15(14)12(3,4)5/h11,13H,6-10H2,1-5H3. The van der Waals surface area contributed by atoms with E-state index < -0.39 is 10.8 Å². The predicted octanol–water partition coefficient (Wildman–Crippen LogP) is 2.70. The van der Waals surface area contributed by atoms with Crippen molar-refractivity contribution in [2.24, 2.45) is 0 Å². The van der Waals surface area contributed by atoms with Crippen molar-refractivity contribution in [3.05, 3.63) is 0 Å². The van der Waals surface area contributed by atoms with Gasteiger partial charge in [-0.25, -0.2) is 0 Å². The minimum absolute atomic E-state index is 0.0834. The zero-order chi connectivity index (χ0) is 11.9. The zero-order valence-electron chi connectivity index (χ0n) is 10.9. The predicted molar refractivity (Wildman–Crippen MR) is 69.8 cm³/mol. The highest BCUT2D eigenvalue weighted by Gasteiger charge is 2.22. The highest BCUT2D eigenvalue weighted by atomic mass is 32.2. The molecule has 0 fully saturated rings. The maximum atomic E-state index is 12.0. The summed E-state index contributed by atoms with van der Waals surface area (Å²) in [5, 5.41) is 3.48. The molecule has 0 radical (unpaired) electrons. The van der Waals surface area contributed by atoms with E-state index in [-0.39, 0.29) is 4.75 Å². The molecule has 2 nitrogen and oxygen atoms in total. The normalized spacial score (nSPS) is 16.3. The molecule has 0 aliphatic carbocycles. The lowest BCUT2D eigenvalue weighted by Crippen LogP contribution is -2.38. The molecule has 0 heterocycles. The van der Waals surface area contributed by atoms with Crippen molar-refractivity contribution in [3.63, 3.8) is 0 Å². The van der Waals surface area contributed by atoms with Gasteiger partial charge in [0.1, 0.15) is 0 Å². The van der Waals surface area contributed by atoms with Gasteiger partial charge in [-0.05, 0) is 40.2 Å². The summed E-state index contributed by atoms with van der Waals surface area (Å²) in [6.07, 6.45) is 3.42. The second-order valence-corrected chi connectivity index (χ2v) is 7.31. The number of nitrogens with one attached hydrogen (secondary N) is 1. The summed E-state index contributed by atoms with van der Waals surface area (Å²) in [5.41, 5.74) is 0. The molecule has 0 saturated carbocycles.